The van der Waals surface area contributed by atoms with Gasteiger partial charge in [0.1, 0.15) is 4.75 Å². The molecule has 3 aromatic rings. The van der Waals surface area contributed by atoms with E-state index in [0.29, 0.717) is 17.7 Å². The predicted molar refractivity (Wildman–Crippen MR) is 144 cm³/mol. The van der Waals surface area contributed by atoms with Crippen molar-refractivity contribution in [2.45, 2.75) is 53.0 Å². The van der Waals surface area contributed by atoms with Crippen LogP contribution >= 0.6 is 22.6 Å². The minimum atomic E-state index is -6.31. The standard InChI is InChI=1S/C28H21F7INO3S/c29-26(27(30,31)32,28(33,34)35)19-7-12-22-18(16-19)6-13-23-25(22,41(39,40)21-10-8-20(36)9-11-21)14-15-37(23)24(38)17-4-2-1-3-5-17/h1-5,7-12,16,23H,6,13-15H2/t23-,25-/m1/s1. The smallest absolute Gasteiger partial charge is 0.334 e. The molecule has 1 aliphatic heterocycles. The molecular formula is C28H21F7INO3S. The minimum Gasteiger partial charge on any atom is -0.334 e. The summed E-state index contributed by atoms with van der Waals surface area (Å²) in [6.45, 7) is -0.0265. The molecule has 2 atom stereocenters. The molecule has 1 saturated heterocycles. The Balaban J connectivity index is 1.71. The number of likely N-dealkylation sites (tertiary alicyclic amines) is 1. The van der Waals surface area contributed by atoms with Crippen LogP contribution in [0.15, 0.2) is 77.7 Å². The number of carbonyl (C=O) groups is 1. The van der Waals surface area contributed by atoms with Crippen LogP contribution in [0.5, 0.6) is 0 Å². The summed E-state index contributed by atoms with van der Waals surface area (Å²) in [7, 11) is -4.38. The van der Waals surface area contributed by atoms with Crippen molar-refractivity contribution in [3.05, 3.63) is 98.6 Å². The lowest BCUT2D eigenvalue weighted by atomic mass is 9.76. The summed E-state index contributed by atoms with van der Waals surface area (Å²) in [4.78, 5) is 14.8. The van der Waals surface area contributed by atoms with Crippen LogP contribution < -0.4 is 0 Å². The number of fused-ring (bicyclic) bond motifs is 3. The highest BCUT2D eigenvalue weighted by Crippen LogP contribution is 2.56. The van der Waals surface area contributed by atoms with E-state index in [4.69, 9.17) is 0 Å². The van der Waals surface area contributed by atoms with Crippen molar-refractivity contribution in [1.29, 1.82) is 0 Å². The molecule has 0 aromatic heterocycles. The first-order chi connectivity index (χ1) is 19.1. The molecule has 0 radical (unpaired) electrons. The molecule has 1 amide bonds. The lowest BCUT2D eigenvalue weighted by Crippen LogP contribution is -2.53. The van der Waals surface area contributed by atoms with Gasteiger partial charge in [-0.05, 0) is 89.4 Å². The Bertz CT molecular complexity index is 1580. The number of alkyl halides is 7. The van der Waals surface area contributed by atoms with Crippen molar-refractivity contribution < 1.29 is 43.9 Å². The second-order valence-corrected chi connectivity index (χ2v) is 13.5. The van der Waals surface area contributed by atoms with E-state index in [1.165, 1.54) is 17.0 Å². The summed E-state index contributed by atoms with van der Waals surface area (Å²) < 4.78 is 124. The van der Waals surface area contributed by atoms with Gasteiger partial charge in [-0.25, -0.2) is 12.8 Å². The molecule has 1 aliphatic carbocycles. The van der Waals surface area contributed by atoms with Gasteiger partial charge in [0, 0.05) is 21.2 Å². The van der Waals surface area contributed by atoms with E-state index >= 15 is 0 Å². The van der Waals surface area contributed by atoms with Gasteiger partial charge in [-0.15, -0.1) is 0 Å². The molecule has 3 aromatic carbocycles. The van der Waals surface area contributed by atoms with Crippen molar-refractivity contribution in [2.75, 3.05) is 6.54 Å². The van der Waals surface area contributed by atoms with E-state index in [1.54, 1.807) is 42.5 Å². The molecule has 5 rings (SSSR count). The minimum absolute atomic E-state index is 0.0265. The maximum absolute atomic E-state index is 14.9. The topological polar surface area (TPSA) is 54.5 Å². The van der Waals surface area contributed by atoms with E-state index in [9.17, 15) is 43.9 Å². The van der Waals surface area contributed by atoms with Crippen LogP contribution in [0, 0.1) is 3.57 Å². The molecule has 4 nitrogen and oxygen atoms in total. The Labute approximate surface area is 244 Å². The van der Waals surface area contributed by atoms with Crippen LogP contribution in [0.2, 0.25) is 0 Å². The zero-order valence-electron chi connectivity index (χ0n) is 20.9. The number of nitrogens with zero attached hydrogens (tertiary/aromatic N) is 1. The molecule has 0 spiro atoms. The fraction of sp³-hybridized carbons (Fsp3) is 0.321. The highest BCUT2D eigenvalue weighted by molar-refractivity contribution is 14.1. The van der Waals surface area contributed by atoms with Crippen LogP contribution in [0.3, 0.4) is 0 Å². The number of rotatable bonds is 4. The average molecular weight is 711 g/mol. The Morgan fingerprint density at radius 3 is 2.07 bits per heavy atom. The van der Waals surface area contributed by atoms with Crippen molar-refractivity contribution in [2.24, 2.45) is 0 Å². The predicted octanol–water partition coefficient (Wildman–Crippen LogP) is 7.11. The van der Waals surface area contributed by atoms with Crippen LogP contribution in [0.1, 0.15) is 39.9 Å². The monoisotopic (exact) mass is 711 g/mol. The average Bonchev–Trinajstić information content (AvgIpc) is 3.33. The summed E-state index contributed by atoms with van der Waals surface area (Å²) >= 11 is 1.98. The molecule has 2 aliphatic rings. The van der Waals surface area contributed by atoms with Gasteiger partial charge in [0.15, 0.2) is 9.84 Å². The van der Waals surface area contributed by atoms with Crippen LogP contribution in [0.4, 0.5) is 30.7 Å². The third-order valence-electron chi connectivity index (χ3n) is 7.95. The maximum atomic E-state index is 14.9. The molecule has 218 valence electrons. The van der Waals surface area contributed by atoms with Crippen molar-refractivity contribution in [3.63, 3.8) is 0 Å². The number of benzene rings is 3. The van der Waals surface area contributed by atoms with E-state index < -0.39 is 50.1 Å². The first-order valence-corrected chi connectivity index (χ1v) is 14.9. The van der Waals surface area contributed by atoms with Gasteiger partial charge in [-0.1, -0.05) is 36.4 Å². The number of hydrogen-bond acceptors (Lipinski definition) is 3. The molecule has 0 unspecified atom stereocenters. The number of carbonyl (C=O) groups excluding carboxylic acids is 1. The summed E-state index contributed by atoms with van der Waals surface area (Å²) in [5, 5.41) is 0. The van der Waals surface area contributed by atoms with Gasteiger partial charge in [0.25, 0.3) is 5.91 Å². The molecule has 1 fully saturated rings. The van der Waals surface area contributed by atoms with E-state index in [2.05, 4.69) is 0 Å². The molecule has 1 heterocycles. The number of halogens is 8. The Morgan fingerprint density at radius 1 is 0.878 bits per heavy atom. The van der Waals surface area contributed by atoms with Gasteiger partial charge in [-0.3, -0.25) is 4.79 Å². The maximum Gasteiger partial charge on any atom is 0.435 e. The Hall–Kier alpha value is -2.68. The highest BCUT2D eigenvalue weighted by Gasteiger charge is 2.73. The number of sulfone groups is 1. The number of amides is 1. The highest BCUT2D eigenvalue weighted by atomic mass is 127. The van der Waals surface area contributed by atoms with Crippen LogP contribution in [-0.2, 0) is 26.7 Å². The molecule has 41 heavy (non-hydrogen) atoms. The van der Waals surface area contributed by atoms with Crippen LogP contribution in [0.25, 0.3) is 0 Å². The van der Waals surface area contributed by atoms with Crippen LogP contribution in [-0.4, -0.2) is 44.2 Å². The number of hydrogen-bond donors (Lipinski definition) is 0. The van der Waals surface area contributed by atoms with Gasteiger partial charge in [0.2, 0.25) is 0 Å². The lowest BCUT2D eigenvalue weighted by molar-refractivity contribution is -0.348. The van der Waals surface area contributed by atoms with Gasteiger partial charge in [0.05, 0.1) is 10.9 Å². The van der Waals surface area contributed by atoms with E-state index in [1.807, 2.05) is 22.6 Å². The fourth-order valence-electron chi connectivity index (χ4n) is 6.04. The zero-order valence-corrected chi connectivity index (χ0v) is 23.9. The third kappa shape index (κ3) is 4.45. The second-order valence-electron chi connectivity index (χ2n) is 10.0. The molecular weight excluding hydrogens is 690 g/mol. The fourth-order valence-corrected chi connectivity index (χ4v) is 8.77. The van der Waals surface area contributed by atoms with Gasteiger partial charge >= 0.3 is 18.0 Å². The summed E-state index contributed by atoms with van der Waals surface area (Å²) in [5.41, 5.74) is -7.21. The summed E-state index contributed by atoms with van der Waals surface area (Å²) in [5.74, 6) is -0.452. The van der Waals surface area contributed by atoms with Crippen molar-refractivity contribution in [3.8, 4) is 0 Å². The molecule has 0 N–H and O–H groups in total. The van der Waals surface area contributed by atoms with E-state index in [0.717, 1.165) is 9.64 Å². The Morgan fingerprint density at radius 2 is 1.49 bits per heavy atom. The summed E-state index contributed by atoms with van der Waals surface area (Å²) in [6, 6.07) is 14.7. The Kier molecular flexibility index (Phi) is 7.24. The zero-order chi connectivity index (χ0) is 30.0. The normalized spacial score (nSPS) is 21.4. The summed E-state index contributed by atoms with van der Waals surface area (Å²) in [6.07, 6.45) is -13.0. The van der Waals surface area contributed by atoms with E-state index in [-0.39, 0.29) is 41.8 Å². The van der Waals surface area contributed by atoms with Crippen molar-refractivity contribution >= 4 is 38.3 Å². The van der Waals surface area contributed by atoms with Gasteiger partial charge in [-0.2, -0.15) is 26.3 Å². The second kappa shape index (κ2) is 9.96. The van der Waals surface area contributed by atoms with Gasteiger partial charge < -0.3 is 4.90 Å². The third-order valence-corrected chi connectivity index (χ3v) is 11.2. The van der Waals surface area contributed by atoms with Crippen molar-refractivity contribution in [1.82, 2.24) is 4.90 Å². The molecule has 0 bridgehead atoms. The first-order valence-electron chi connectivity index (χ1n) is 12.4. The number of aryl methyl sites for hydroxylation is 1. The lowest BCUT2D eigenvalue weighted by Gasteiger charge is -2.43. The SMILES string of the molecule is O=C(c1ccccc1)N1CC[C@@]2(S(=O)(=O)c3ccc(I)cc3)c3ccc(C(F)(C(F)(F)F)C(F)(F)F)cc3CC[C@@H]12. The molecule has 13 heteroatoms. The molecule has 0 saturated carbocycles. The largest absolute Gasteiger partial charge is 0.435 e. The first kappa shape index (κ1) is 29.8. The quantitative estimate of drug-likeness (QED) is 0.214.